The fourth-order valence-electron chi connectivity index (χ4n) is 1.40. The van der Waals surface area contributed by atoms with E-state index in [1.165, 1.54) is 12.8 Å². The molecule has 1 aromatic carbocycles. The quantitative estimate of drug-likeness (QED) is 0.893. The van der Waals surface area contributed by atoms with Crippen LogP contribution in [0.3, 0.4) is 0 Å². The summed E-state index contributed by atoms with van der Waals surface area (Å²) in [7, 11) is 0. The molecule has 0 aliphatic heterocycles. The van der Waals surface area contributed by atoms with Gasteiger partial charge in [-0.05, 0) is 34.8 Å². The van der Waals surface area contributed by atoms with E-state index in [0.717, 1.165) is 21.1 Å². The van der Waals surface area contributed by atoms with Crippen LogP contribution in [0.5, 0.6) is 5.75 Å². The van der Waals surface area contributed by atoms with Crippen LogP contribution < -0.4 is 4.74 Å². The highest BCUT2D eigenvalue weighted by Crippen LogP contribution is 2.34. The molecule has 0 amide bonds. The third kappa shape index (κ3) is 1.39. The number of halogens is 1. The van der Waals surface area contributed by atoms with Gasteiger partial charge in [0.25, 0.3) is 0 Å². The summed E-state index contributed by atoms with van der Waals surface area (Å²) in [6.07, 6.45) is 4.58. The van der Waals surface area contributed by atoms with Gasteiger partial charge in [-0.2, -0.15) is 5.10 Å². The lowest BCUT2D eigenvalue weighted by Gasteiger charge is -2.06. The van der Waals surface area contributed by atoms with Gasteiger partial charge in [0.1, 0.15) is 5.75 Å². The maximum atomic E-state index is 5.74. The molecule has 4 heteroatoms. The van der Waals surface area contributed by atoms with Crippen LogP contribution in [0.4, 0.5) is 0 Å². The maximum Gasteiger partial charge on any atom is 0.136 e. The second kappa shape index (κ2) is 2.98. The highest BCUT2D eigenvalue weighted by Gasteiger charge is 2.24. The standard InChI is InChI=1S/C10H9BrN2O/c11-8-3-6-5-12-13-9(6)4-10(8)14-7-1-2-7/h3-5,7H,1-2H2,(H,12,13). The van der Waals surface area contributed by atoms with E-state index in [1.807, 2.05) is 12.1 Å². The molecule has 1 fully saturated rings. The topological polar surface area (TPSA) is 37.9 Å². The zero-order chi connectivity index (χ0) is 9.54. The lowest BCUT2D eigenvalue weighted by atomic mass is 10.2. The molecule has 1 aromatic heterocycles. The summed E-state index contributed by atoms with van der Waals surface area (Å²) in [5.74, 6) is 0.907. The fourth-order valence-corrected chi connectivity index (χ4v) is 1.85. The highest BCUT2D eigenvalue weighted by molar-refractivity contribution is 9.10. The van der Waals surface area contributed by atoms with Crippen LogP contribution in [0.15, 0.2) is 22.8 Å². The van der Waals surface area contributed by atoms with Crippen molar-refractivity contribution in [3.8, 4) is 5.75 Å². The third-order valence-corrected chi connectivity index (χ3v) is 2.93. The molecule has 72 valence electrons. The van der Waals surface area contributed by atoms with Crippen molar-refractivity contribution in [2.24, 2.45) is 0 Å². The van der Waals surface area contributed by atoms with Crippen LogP contribution in [-0.4, -0.2) is 16.3 Å². The Morgan fingerprint density at radius 3 is 3.07 bits per heavy atom. The second-order valence-corrected chi connectivity index (χ2v) is 4.41. The van der Waals surface area contributed by atoms with Crippen LogP contribution in [0, 0.1) is 0 Å². The van der Waals surface area contributed by atoms with Gasteiger partial charge in [0.05, 0.1) is 22.3 Å². The van der Waals surface area contributed by atoms with E-state index in [4.69, 9.17) is 4.74 Å². The molecule has 0 unspecified atom stereocenters. The Hall–Kier alpha value is -1.03. The number of nitrogens with zero attached hydrogens (tertiary/aromatic N) is 1. The van der Waals surface area contributed by atoms with Crippen molar-refractivity contribution in [1.82, 2.24) is 10.2 Å². The molecule has 0 saturated heterocycles. The minimum atomic E-state index is 0.423. The lowest BCUT2D eigenvalue weighted by Crippen LogP contribution is -1.96. The SMILES string of the molecule is Brc1cc2cn[nH]c2cc1OC1CC1. The summed E-state index contributed by atoms with van der Waals surface area (Å²) < 4.78 is 6.74. The van der Waals surface area contributed by atoms with Crippen molar-refractivity contribution in [3.05, 3.63) is 22.8 Å². The van der Waals surface area contributed by atoms with E-state index in [-0.39, 0.29) is 0 Å². The van der Waals surface area contributed by atoms with E-state index >= 15 is 0 Å². The summed E-state index contributed by atoms with van der Waals surface area (Å²) in [4.78, 5) is 0. The number of ether oxygens (including phenoxy) is 1. The minimum absolute atomic E-state index is 0.423. The Bertz CT molecular complexity index is 476. The number of aromatic amines is 1. The number of hydrogen-bond acceptors (Lipinski definition) is 2. The predicted octanol–water partition coefficient (Wildman–Crippen LogP) is 2.87. The molecule has 1 aliphatic rings. The lowest BCUT2D eigenvalue weighted by molar-refractivity contribution is 0.301. The molecule has 14 heavy (non-hydrogen) atoms. The smallest absolute Gasteiger partial charge is 0.136 e. The van der Waals surface area contributed by atoms with Gasteiger partial charge in [-0.3, -0.25) is 5.10 Å². The summed E-state index contributed by atoms with van der Waals surface area (Å²) in [5.41, 5.74) is 1.02. The normalized spacial score (nSPS) is 16.1. The van der Waals surface area contributed by atoms with Crippen LogP contribution >= 0.6 is 15.9 Å². The first kappa shape index (κ1) is 8.29. The molecule has 0 radical (unpaired) electrons. The number of fused-ring (bicyclic) bond motifs is 1. The molecular formula is C10H9BrN2O. The van der Waals surface area contributed by atoms with Gasteiger partial charge in [0, 0.05) is 11.5 Å². The first-order valence-electron chi connectivity index (χ1n) is 4.62. The Morgan fingerprint density at radius 2 is 2.29 bits per heavy atom. The first-order valence-corrected chi connectivity index (χ1v) is 5.41. The average molecular weight is 253 g/mol. The number of hydrogen-bond donors (Lipinski definition) is 1. The Balaban J connectivity index is 2.07. The van der Waals surface area contributed by atoms with Crippen molar-refractivity contribution >= 4 is 26.8 Å². The van der Waals surface area contributed by atoms with E-state index in [1.54, 1.807) is 6.20 Å². The van der Waals surface area contributed by atoms with Gasteiger partial charge >= 0.3 is 0 Å². The monoisotopic (exact) mass is 252 g/mol. The predicted molar refractivity (Wildman–Crippen MR) is 57.4 cm³/mol. The van der Waals surface area contributed by atoms with Crippen molar-refractivity contribution in [3.63, 3.8) is 0 Å². The third-order valence-electron chi connectivity index (χ3n) is 2.31. The Labute approximate surface area is 89.6 Å². The molecule has 3 rings (SSSR count). The Morgan fingerprint density at radius 1 is 1.43 bits per heavy atom. The van der Waals surface area contributed by atoms with E-state index in [2.05, 4.69) is 26.1 Å². The molecular weight excluding hydrogens is 244 g/mol. The number of rotatable bonds is 2. The van der Waals surface area contributed by atoms with Crippen LogP contribution in [-0.2, 0) is 0 Å². The summed E-state index contributed by atoms with van der Waals surface area (Å²) in [5, 5.41) is 8.00. The zero-order valence-electron chi connectivity index (χ0n) is 7.46. The van der Waals surface area contributed by atoms with E-state index in [0.29, 0.717) is 6.10 Å². The average Bonchev–Trinajstić information content (AvgIpc) is 2.85. The minimum Gasteiger partial charge on any atom is -0.489 e. The van der Waals surface area contributed by atoms with E-state index < -0.39 is 0 Å². The van der Waals surface area contributed by atoms with E-state index in [9.17, 15) is 0 Å². The van der Waals surface area contributed by atoms with Gasteiger partial charge in [-0.25, -0.2) is 0 Å². The second-order valence-electron chi connectivity index (χ2n) is 3.56. The van der Waals surface area contributed by atoms with Gasteiger partial charge in [-0.1, -0.05) is 0 Å². The number of nitrogens with one attached hydrogen (secondary N) is 1. The van der Waals surface area contributed by atoms with Crippen LogP contribution in [0.2, 0.25) is 0 Å². The molecule has 0 atom stereocenters. The first-order chi connectivity index (χ1) is 6.83. The molecule has 3 nitrogen and oxygen atoms in total. The summed E-state index contributed by atoms with van der Waals surface area (Å²) in [6, 6.07) is 4.02. The van der Waals surface area contributed by atoms with Crippen molar-refractivity contribution in [2.75, 3.05) is 0 Å². The van der Waals surface area contributed by atoms with Crippen molar-refractivity contribution in [2.45, 2.75) is 18.9 Å². The molecule has 1 N–H and O–H groups in total. The largest absolute Gasteiger partial charge is 0.489 e. The molecule has 1 aliphatic carbocycles. The Kier molecular flexibility index (Phi) is 1.77. The van der Waals surface area contributed by atoms with Crippen LogP contribution in [0.1, 0.15) is 12.8 Å². The van der Waals surface area contributed by atoms with Crippen molar-refractivity contribution in [1.29, 1.82) is 0 Å². The van der Waals surface area contributed by atoms with Gasteiger partial charge in [0.2, 0.25) is 0 Å². The molecule has 1 saturated carbocycles. The molecule has 0 spiro atoms. The highest BCUT2D eigenvalue weighted by atomic mass is 79.9. The molecule has 2 aromatic rings. The van der Waals surface area contributed by atoms with Gasteiger partial charge < -0.3 is 4.74 Å². The number of benzene rings is 1. The number of H-pyrrole nitrogens is 1. The summed E-state index contributed by atoms with van der Waals surface area (Å²) in [6.45, 7) is 0. The van der Waals surface area contributed by atoms with Gasteiger partial charge in [-0.15, -0.1) is 0 Å². The van der Waals surface area contributed by atoms with Crippen molar-refractivity contribution < 1.29 is 4.74 Å². The van der Waals surface area contributed by atoms with Gasteiger partial charge in [0.15, 0.2) is 0 Å². The molecule has 1 heterocycles. The zero-order valence-corrected chi connectivity index (χ0v) is 9.04. The fraction of sp³-hybridized carbons (Fsp3) is 0.300. The number of aromatic nitrogens is 2. The molecule has 0 bridgehead atoms. The maximum absolute atomic E-state index is 5.74. The van der Waals surface area contributed by atoms with Crippen LogP contribution in [0.25, 0.3) is 10.9 Å². The summed E-state index contributed by atoms with van der Waals surface area (Å²) >= 11 is 3.49.